The third-order valence-corrected chi connectivity index (χ3v) is 9.24. The second kappa shape index (κ2) is 9.38. The summed E-state index contributed by atoms with van der Waals surface area (Å²) in [7, 11) is -3.59. The fourth-order valence-electron chi connectivity index (χ4n) is 5.66. The van der Waals surface area contributed by atoms with Crippen LogP contribution in [0.25, 0.3) is 10.9 Å². The Hall–Kier alpha value is -3.57. The molecule has 9 nitrogen and oxygen atoms in total. The zero-order chi connectivity index (χ0) is 25.6. The minimum Gasteiger partial charge on any atom is -0.367 e. The number of fused-ring (bicyclic) bond motifs is 3. The molecule has 3 aromatic heterocycles. The molecule has 4 aromatic rings. The first-order valence-electron chi connectivity index (χ1n) is 12.5. The molecule has 192 valence electrons. The molecule has 3 atom stereocenters. The second-order valence-electron chi connectivity index (χ2n) is 9.78. The summed E-state index contributed by atoms with van der Waals surface area (Å²) in [5.74, 6) is 0.452. The van der Waals surface area contributed by atoms with E-state index in [9.17, 15) is 8.42 Å². The van der Waals surface area contributed by atoms with Crippen LogP contribution in [0.15, 0.2) is 59.6 Å². The maximum Gasteiger partial charge on any atom is 0.243 e. The van der Waals surface area contributed by atoms with Crippen molar-refractivity contribution in [3.63, 3.8) is 0 Å². The molecule has 0 spiro atoms. The van der Waals surface area contributed by atoms with Crippen molar-refractivity contribution in [1.29, 1.82) is 0 Å². The summed E-state index contributed by atoms with van der Waals surface area (Å²) in [6.07, 6.45) is 5.46. The maximum atomic E-state index is 15.3. The van der Waals surface area contributed by atoms with E-state index in [2.05, 4.69) is 30.8 Å². The van der Waals surface area contributed by atoms with Gasteiger partial charge in [-0.3, -0.25) is 10.1 Å². The molecule has 0 aliphatic carbocycles. The lowest BCUT2D eigenvalue weighted by atomic mass is 9.84. The fourth-order valence-corrected chi connectivity index (χ4v) is 7.57. The van der Waals surface area contributed by atoms with Crippen molar-refractivity contribution in [2.45, 2.75) is 62.0 Å². The number of aromatic nitrogens is 4. The lowest BCUT2D eigenvalue weighted by Crippen LogP contribution is -2.56. The van der Waals surface area contributed by atoms with E-state index in [1.54, 1.807) is 53.0 Å². The van der Waals surface area contributed by atoms with E-state index >= 15 is 4.39 Å². The predicted molar refractivity (Wildman–Crippen MR) is 140 cm³/mol. The lowest BCUT2D eigenvalue weighted by Gasteiger charge is -2.47. The molecule has 3 N–H and O–H groups in total. The van der Waals surface area contributed by atoms with Gasteiger partial charge in [-0.05, 0) is 56.9 Å². The number of anilines is 3. The number of nitrogens with one attached hydrogen (secondary N) is 3. The molecule has 2 bridgehead atoms. The van der Waals surface area contributed by atoms with Gasteiger partial charge in [-0.25, -0.2) is 17.8 Å². The van der Waals surface area contributed by atoms with Gasteiger partial charge in [0, 0.05) is 41.5 Å². The van der Waals surface area contributed by atoms with E-state index in [1.807, 2.05) is 13.0 Å². The summed E-state index contributed by atoms with van der Waals surface area (Å²) in [5, 5.41) is 14.0. The minimum absolute atomic E-state index is 0.0145. The van der Waals surface area contributed by atoms with Gasteiger partial charge in [0.15, 0.2) is 17.5 Å². The Balaban J connectivity index is 1.30. The van der Waals surface area contributed by atoms with Crippen LogP contribution in [0.5, 0.6) is 0 Å². The maximum absolute atomic E-state index is 15.3. The van der Waals surface area contributed by atoms with Crippen molar-refractivity contribution in [2.75, 3.05) is 10.6 Å². The second-order valence-corrected chi connectivity index (χ2v) is 11.6. The monoisotopic (exact) mass is 521 g/mol. The largest absolute Gasteiger partial charge is 0.367 e. The first-order chi connectivity index (χ1) is 17.9. The fraction of sp³-hybridized carbons (Fsp3) is 0.346. The average Bonchev–Trinajstić information content (AvgIpc) is 3.31. The molecular formula is C26H28FN7O2S. The van der Waals surface area contributed by atoms with Gasteiger partial charge in [0.25, 0.3) is 0 Å². The van der Waals surface area contributed by atoms with E-state index in [1.165, 1.54) is 0 Å². The van der Waals surface area contributed by atoms with Crippen molar-refractivity contribution in [1.82, 2.24) is 24.5 Å². The summed E-state index contributed by atoms with van der Waals surface area (Å²) >= 11 is 0. The standard InChI is InChI=1S/C26H28FN7O2S/c1-16-13-22(33-32-16)30-26-23(27)24-21(11-6-12-28-24)25(31-26)29-17-14-18-7-5-8-19(15-17)34(18)37(35,36)20-9-3-2-4-10-20/h2-4,6,9-13,17-19H,5,7-8,14-15H2,1H3,(H3,29,30,31,32,33)/t17?,18-,19+. The Morgan fingerprint density at radius 2 is 1.81 bits per heavy atom. The number of aryl methyl sites for hydroxylation is 1. The smallest absolute Gasteiger partial charge is 0.243 e. The molecular weight excluding hydrogens is 493 g/mol. The quantitative estimate of drug-likeness (QED) is 0.336. The zero-order valence-corrected chi connectivity index (χ0v) is 21.2. The number of H-pyrrole nitrogens is 1. The van der Waals surface area contributed by atoms with Crippen LogP contribution >= 0.6 is 0 Å². The lowest BCUT2D eigenvalue weighted by molar-refractivity contribution is 0.116. The van der Waals surface area contributed by atoms with Crippen LogP contribution in [0.4, 0.5) is 21.8 Å². The highest BCUT2D eigenvalue weighted by Crippen LogP contribution is 2.40. The van der Waals surface area contributed by atoms with Crippen molar-refractivity contribution >= 4 is 38.4 Å². The van der Waals surface area contributed by atoms with Gasteiger partial charge in [-0.2, -0.15) is 9.40 Å². The molecule has 2 saturated heterocycles. The molecule has 2 aliphatic heterocycles. The van der Waals surface area contributed by atoms with E-state index in [0.29, 0.717) is 34.8 Å². The number of pyridine rings is 2. The van der Waals surface area contributed by atoms with Crippen LogP contribution in [-0.4, -0.2) is 51.0 Å². The third-order valence-electron chi connectivity index (χ3n) is 7.22. The normalized spacial score (nSPS) is 22.2. The molecule has 1 aromatic carbocycles. The molecule has 0 radical (unpaired) electrons. The average molecular weight is 522 g/mol. The van der Waals surface area contributed by atoms with Gasteiger partial charge in [0.2, 0.25) is 10.0 Å². The predicted octanol–water partition coefficient (Wildman–Crippen LogP) is 4.73. The van der Waals surface area contributed by atoms with Crippen molar-refractivity contribution in [2.24, 2.45) is 0 Å². The summed E-state index contributed by atoms with van der Waals surface area (Å²) in [4.78, 5) is 9.19. The SMILES string of the molecule is Cc1cc(Nc2nc(NC3C[C@H]4CCC[C@@H](C3)N4S(=O)(=O)c3ccccc3)c3cccnc3c2F)n[nH]1. The molecule has 6 rings (SSSR count). The first-order valence-corrected chi connectivity index (χ1v) is 13.9. The van der Waals surface area contributed by atoms with Crippen LogP contribution in [0.3, 0.4) is 0 Å². The number of halogens is 1. The number of rotatable bonds is 6. The number of nitrogens with zero attached hydrogens (tertiary/aromatic N) is 4. The van der Waals surface area contributed by atoms with Crippen LogP contribution in [-0.2, 0) is 10.0 Å². The van der Waals surface area contributed by atoms with Gasteiger partial charge in [0.05, 0.1) is 4.90 Å². The Kier molecular flexibility index (Phi) is 6.04. The molecule has 37 heavy (non-hydrogen) atoms. The number of hydrogen-bond acceptors (Lipinski definition) is 7. The number of benzene rings is 1. The zero-order valence-electron chi connectivity index (χ0n) is 20.4. The van der Waals surface area contributed by atoms with Crippen LogP contribution in [0.1, 0.15) is 37.8 Å². The molecule has 11 heteroatoms. The molecule has 2 fully saturated rings. The number of piperidine rings is 2. The van der Waals surface area contributed by atoms with Crippen molar-refractivity contribution in [3.05, 3.63) is 66.2 Å². The Morgan fingerprint density at radius 1 is 1.05 bits per heavy atom. The van der Waals surface area contributed by atoms with Gasteiger partial charge in [-0.1, -0.05) is 24.6 Å². The summed E-state index contributed by atoms with van der Waals surface area (Å²) in [6, 6.07) is 13.7. The number of aromatic amines is 1. The van der Waals surface area contributed by atoms with Crippen molar-refractivity contribution < 1.29 is 12.8 Å². The highest BCUT2D eigenvalue weighted by Gasteiger charge is 2.45. The molecule has 0 saturated carbocycles. The minimum atomic E-state index is -3.59. The summed E-state index contributed by atoms with van der Waals surface area (Å²) in [5.41, 5.74) is 1.04. The Labute approximate surface area is 214 Å². The van der Waals surface area contributed by atoms with Gasteiger partial charge in [-0.15, -0.1) is 0 Å². The number of hydrogen-bond donors (Lipinski definition) is 3. The first kappa shape index (κ1) is 23.8. The van der Waals surface area contributed by atoms with E-state index in [4.69, 9.17) is 0 Å². The Bertz CT molecular complexity index is 1530. The highest BCUT2D eigenvalue weighted by atomic mass is 32.2. The third kappa shape index (κ3) is 4.42. The molecule has 0 amide bonds. The van der Waals surface area contributed by atoms with Gasteiger partial charge >= 0.3 is 0 Å². The topological polar surface area (TPSA) is 116 Å². The summed E-state index contributed by atoms with van der Waals surface area (Å²) < 4.78 is 44.1. The van der Waals surface area contributed by atoms with Crippen LogP contribution in [0.2, 0.25) is 0 Å². The van der Waals surface area contributed by atoms with Crippen LogP contribution in [0, 0.1) is 12.7 Å². The van der Waals surface area contributed by atoms with E-state index in [0.717, 1.165) is 25.0 Å². The van der Waals surface area contributed by atoms with Crippen molar-refractivity contribution in [3.8, 4) is 0 Å². The summed E-state index contributed by atoms with van der Waals surface area (Å²) in [6.45, 7) is 1.86. The molecule has 2 aliphatic rings. The Morgan fingerprint density at radius 3 is 2.51 bits per heavy atom. The number of sulfonamides is 1. The van der Waals surface area contributed by atoms with Gasteiger partial charge < -0.3 is 10.6 Å². The molecule has 5 heterocycles. The van der Waals surface area contributed by atoms with Crippen LogP contribution < -0.4 is 10.6 Å². The molecule has 1 unspecified atom stereocenters. The highest BCUT2D eigenvalue weighted by molar-refractivity contribution is 7.89. The van der Waals surface area contributed by atoms with E-state index in [-0.39, 0.29) is 29.5 Å². The van der Waals surface area contributed by atoms with E-state index < -0.39 is 15.8 Å². The van der Waals surface area contributed by atoms with Gasteiger partial charge in [0.1, 0.15) is 11.3 Å².